The molecule has 0 N–H and O–H groups in total. The molecule has 1 atom stereocenters. The summed E-state index contributed by atoms with van der Waals surface area (Å²) in [6, 6.07) is 11.3. The molecule has 2 aliphatic rings. The third-order valence-electron chi connectivity index (χ3n) is 5.33. The van der Waals surface area contributed by atoms with Crippen LogP contribution in [0.1, 0.15) is 40.6 Å². The van der Waals surface area contributed by atoms with E-state index >= 15 is 0 Å². The molecule has 2 aromatic rings. The number of carbonyl (C=O) groups is 2. The van der Waals surface area contributed by atoms with Crippen LogP contribution >= 0.6 is 0 Å². The normalized spacial score (nSPS) is 20.8. The van der Waals surface area contributed by atoms with Gasteiger partial charge in [-0.1, -0.05) is 24.3 Å². The van der Waals surface area contributed by atoms with Crippen molar-refractivity contribution in [3.8, 4) is 0 Å². The maximum Gasteiger partial charge on any atom is 0.289 e. The number of likely N-dealkylation sites (tertiary alicyclic amines) is 1. The van der Waals surface area contributed by atoms with Crippen molar-refractivity contribution >= 4 is 11.8 Å². The number of amides is 2. The second-order valence-electron chi connectivity index (χ2n) is 7.08. The van der Waals surface area contributed by atoms with E-state index in [0.717, 1.165) is 11.1 Å². The van der Waals surface area contributed by atoms with E-state index in [0.29, 0.717) is 31.7 Å². The molecule has 3 heterocycles. The number of rotatable bonds is 2. The SMILES string of the molecule is CN(C)C(=O)[C@@H]1OC2(CCN(C(=O)c3ccco3)CC2)c2ccccc21. The molecular weight excluding hydrogens is 332 g/mol. The van der Waals surface area contributed by atoms with Gasteiger partial charge in [0, 0.05) is 27.2 Å². The number of nitrogens with zero attached hydrogens (tertiary/aromatic N) is 2. The smallest absolute Gasteiger partial charge is 0.289 e. The van der Waals surface area contributed by atoms with Crippen molar-refractivity contribution in [2.24, 2.45) is 0 Å². The van der Waals surface area contributed by atoms with Gasteiger partial charge in [0.25, 0.3) is 11.8 Å². The van der Waals surface area contributed by atoms with Gasteiger partial charge in [-0.05, 0) is 36.1 Å². The van der Waals surface area contributed by atoms with Gasteiger partial charge in [0.1, 0.15) is 0 Å². The first-order chi connectivity index (χ1) is 12.5. The second-order valence-corrected chi connectivity index (χ2v) is 7.08. The lowest BCUT2D eigenvalue weighted by Gasteiger charge is -2.39. The zero-order valence-electron chi connectivity index (χ0n) is 15.0. The fourth-order valence-electron chi connectivity index (χ4n) is 3.93. The lowest BCUT2D eigenvalue weighted by molar-refractivity contribution is -0.157. The fourth-order valence-corrected chi connectivity index (χ4v) is 3.93. The van der Waals surface area contributed by atoms with Crippen LogP contribution in [0.5, 0.6) is 0 Å². The maximum atomic E-state index is 12.6. The molecule has 4 rings (SSSR count). The fraction of sp³-hybridized carbons (Fsp3) is 0.400. The van der Waals surface area contributed by atoms with E-state index in [1.54, 1.807) is 36.0 Å². The molecule has 6 heteroatoms. The minimum absolute atomic E-state index is 0.0524. The minimum atomic E-state index is -0.575. The van der Waals surface area contributed by atoms with Gasteiger partial charge in [-0.3, -0.25) is 9.59 Å². The first-order valence-electron chi connectivity index (χ1n) is 8.83. The molecule has 136 valence electrons. The number of fused-ring (bicyclic) bond motifs is 2. The van der Waals surface area contributed by atoms with Crippen molar-refractivity contribution in [1.29, 1.82) is 0 Å². The highest BCUT2D eigenvalue weighted by molar-refractivity contribution is 5.91. The summed E-state index contributed by atoms with van der Waals surface area (Å²) < 4.78 is 11.6. The van der Waals surface area contributed by atoms with Crippen LogP contribution in [-0.4, -0.2) is 48.8 Å². The van der Waals surface area contributed by atoms with Crippen molar-refractivity contribution in [3.63, 3.8) is 0 Å². The van der Waals surface area contributed by atoms with Gasteiger partial charge in [-0.15, -0.1) is 0 Å². The predicted molar refractivity (Wildman–Crippen MR) is 94.5 cm³/mol. The Labute approximate surface area is 152 Å². The van der Waals surface area contributed by atoms with Gasteiger partial charge in [0.05, 0.1) is 11.9 Å². The monoisotopic (exact) mass is 354 g/mol. The lowest BCUT2D eigenvalue weighted by Crippen LogP contribution is -2.45. The Hall–Kier alpha value is -2.60. The molecule has 1 spiro atoms. The molecule has 0 bridgehead atoms. The first-order valence-corrected chi connectivity index (χ1v) is 8.83. The Morgan fingerprint density at radius 3 is 2.50 bits per heavy atom. The molecule has 0 saturated carbocycles. The summed E-state index contributed by atoms with van der Waals surface area (Å²) in [4.78, 5) is 28.4. The lowest BCUT2D eigenvalue weighted by atomic mass is 9.83. The van der Waals surface area contributed by atoms with Gasteiger partial charge in [-0.25, -0.2) is 0 Å². The van der Waals surface area contributed by atoms with Crippen LogP contribution in [0, 0.1) is 0 Å². The Morgan fingerprint density at radius 1 is 1.12 bits per heavy atom. The summed E-state index contributed by atoms with van der Waals surface area (Å²) in [6.07, 6.45) is 2.25. The zero-order chi connectivity index (χ0) is 18.3. The Kier molecular flexibility index (Phi) is 4.07. The quantitative estimate of drug-likeness (QED) is 0.832. The third kappa shape index (κ3) is 2.61. The zero-order valence-corrected chi connectivity index (χ0v) is 15.0. The molecular formula is C20H22N2O4. The van der Waals surface area contributed by atoms with Crippen LogP contribution in [0.4, 0.5) is 0 Å². The van der Waals surface area contributed by atoms with E-state index in [-0.39, 0.29) is 11.8 Å². The van der Waals surface area contributed by atoms with E-state index in [4.69, 9.17) is 9.15 Å². The topological polar surface area (TPSA) is 63.0 Å². The first kappa shape index (κ1) is 16.8. The number of likely N-dealkylation sites (N-methyl/N-ethyl adjacent to an activating group) is 1. The van der Waals surface area contributed by atoms with Crippen LogP contribution in [0.3, 0.4) is 0 Å². The standard InChI is InChI=1S/C20H22N2O4/c1-21(2)19(24)17-14-6-3-4-7-15(14)20(26-17)9-11-22(12-10-20)18(23)16-8-5-13-25-16/h3-8,13,17H,9-12H2,1-2H3/t17-/m1/s1. The van der Waals surface area contributed by atoms with Crippen LogP contribution < -0.4 is 0 Å². The third-order valence-corrected chi connectivity index (χ3v) is 5.33. The number of piperidine rings is 1. The van der Waals surface area contributed by atoms with Crippen molar-refractivity contribution in [1.82, 2.24) is 9.80 Å². The summed E-state index contributed by atoms with van der Waals surface area (Å²) in [5.41, 5.74) is 1.51. The largest absolute Gasteiger partial charge is 0.459 e. The molecule has 26 heavy (non-hydrogen) atoms. The average Bonchev–Trinajstić information content (AvgIpc) is 3.29. The Bertz CT molecular complexity index is 820. The maximum absolute atomic E-state index is 12.6. The highest BCUT2D eigenvalue weighted by Crippen LogP contribution is 2.49. The number of carbonyl (C=O) groups excluding carboxylic acids is 2. The molecule has 2 amide bonds. The number of ether oxygens (including phenoxy) is 1. The summed E-state index contributed by atoms with van der Waals surface area (Å²) in [6.45, 7) is 1.13. The summed E-state index contributed by atoms with van der Waals surface area (Å²) >= 11 is 0. The molecule has 0 unspecified atom stereocenters. The molecule has 1 aromatic heterocycles. The highest BCUT2D eigenvalue weighted by Gasteiger charge is 2.49. The van der Waals surface area contributed by atoms with E-state index in [2.05, 4.69) is 0 Å². The van der Waals surface area contributed by atoms with Crippen molar-refractivity contribution in [2.75, 3.05) is 27.2 Å². The number of furan rings is 1. The molecule has 2 aliphatic heterocycles. The minimum Gasteiger partial charge on any atom is -0.459 e. The molecule has 0 radical (unpaired) electrons. The van der Waals surface area contributed by atoms with Crippen LogP contribution in [-0.2, 0) is 15.1 Å². The van der Waals surface area contributed by atoms with Crippen LogP contribution in [0.25, 0.3) is 0 Å². The van der Waals surface area contributed by atoms with E-state index in [1.807, 2.05) is 24.3 Å². The van der Waals surface area contributed by atoms with Gasteiger partial charge < -0.3 is 19.0 Å². The van der Waals surface area contributed by atoms with E-state index < -0.39 is 11.7 Å². The molecule has 1 fully saturated rings. The molecule has 1 saturated heterocycles. The molecule has 6 nitrogen and oxygen atoms in total. The van der Waals surface area contributed by atoms with Gasteiger partial charge >= 0.3 is 0 Å². The molecule has 1 aromatic carbocycles. The number of hydrogen-bond acceptors (Lipinski definition) is 4. The van der Waals surface area contributed by atoms with Gasteiger partial charge in [0.15, 0.2) is 11.9 Å². The van der Waals surface area contributed by atoms with E-state index in [1.165, 1.54) is 6.26 Å². The summed E-state index contributed by atoms with van der Waals surface area (Å²) in [7, 11) is 3.48. The summed E-state index contributed by atoms with van der Waals surface area (Å²) in [5.74, 6) is 0.204. The van der Waals surface area contributed by atoms with Crippen molar-refractivity contribution < 1.29 is 18.7 Å². The Balaban J connectivity index is 1.57. The molecule has 0 aliphatic carbocycles. The number of hydrogen-bond donors (Lipinski definition) is 0. The van der Waals surface area contributed by atoms with Crippen LogP contribution in [0.2, 0.25) is 0 Å². The Morgan fingerprint density at radius 2 is 1.85 bits per heavy atom. The second kappa shape index (κ2) is 6.29. The number of benzene rings is 1. The van der Waals surface area contributed by atoms with Crippen molar-refractivity contribution in [2.45, 2.75) is 24.5 Å². The highest BCUT2D eigenvalue weighted by atomic mass is 16.5. The van der Waals surface area contributed by atoms with Gasteiger partial charge in [-0.2, -0.15) is 0 Å². The van der Waals surface area contributed by atoms with E-state index in [9.17, 15) is 9.59 Å². The van der Waals surface area contributed by atoms with Crippen molar-refractivity contribution in [3.05, 3.63) is 59.5 Å². The predicted octanol–water partition coefficient (Wildman–Crippen LogP) is 2.57. The van der Waals surface area contributed by atoms with Gasteiger partial charge in [0.2, 0.25) is 0 Å². The van der Waals surface area contributed by atoms with Crippen LogP contribution in [0.15, 0.2) is 47.1 Å². The average molecular weight is 354 g/mol. The summed E-state index contributed by atoms with van der Waals surface area (Å²) in [5, 5.41) is 0.